The highest BCUT2D eigenvalue weighted by Gasteiger charge is 2.41. The molecule has 8 nitrogen and oxygen atoms in total. The quantitative estimate of drug-likeness (QED) is 0.652. The van der Waals surface area contributed by atoms with Crippen LogP contribution in [0.2, 0.25) is 5.02 Å². The molecule has 0 aliphatic carbocycles. The van der Waals surface area contributed by atoms with Gasteiger partial charge >= 0.3 is 12.1 Å². The summed E-state index contributed by atoms with van der Waals surface area (Å²) >= 11 is 6.29. The lowest BCUT2D eigenvalue weighted by Gasteiger charge is -2.31. The Morgan fingerprint density at radius 2 is 1.94 bits per heavy atom. The van der Waals surface area contributed by atoms with Crippen LogP contribution in [0.5, 0.6) is 0 Å². The molecule has 0 saturated carbocycles. The van der Waals surface area contributed by atoms with E-state index in [0.717, 1.165) is 17.0 Å². The molecule has 1 saturated heterocycles. The molecule has 1 atom stereocenters. The van der Waals surface area contributed by atoms with Gasteiger partial charge in [-0.25, -0.2) is 4.98 Å². The van der Waals surface area contributed by atoms with Crippen molar-refractivity contribution in [3.05, 3.63) is 46.6 Å². The predicted octanol–water partition coefficient (Wildman–Crippen LogP) is 3.74. The first-order valence-corrected chi connectivity index (χ1v) is 10.6. The monoisotopic (exact) mass is 498 g/mol. The Labute approximate surface area is 198 Å². The van der Waals surface area contributed by atoms with Crippen LogP contribution in [0.4, 0.5) is 30.4 Å². The van der Waals surface area contributed by atoms with Crippen LogP contribution in [-0.4, -0.2) is 54.6 Å². The second-order valence-electron chi connectivity index (χ2n) is 7.93. The molecule has 2 heterocycles. The second kappa shape index (κ2) is 9.49. The van der Waals surface area contributed by atoms with E-state index in [4.69, 9.17) is 16.7 Å². The standard InChI is InChI=1S/C22H22ClF3N4O4/c1-12-9-13(22(24,25)26)10-17(27-12)30-16(7-8-18(30)31)21(34)29(3)15-6-4-5-14(23)20(15)28(2)11-19(32)33/h4-6,9-10,16H,7-8,11H2,1-3H3,(H,32,33). The number of hydrogen-bond acceptors (Lipinski definition) is 5. The van der Waals surface area contributed by atoms with E-state index in [1.807, 2.05) is 0 Å². The summed E-state index contributed by atoms with van der Waals surface area (Å²) in [7, 11) is 2.93. The number of alkyl halides is 3. The minimum atomic E-state index is -4.65. The molecule has 1 aromatic heterocycles. The summed E-state index contributed by atoms with van der Waals surface area (Å²) in [5, 5.41) is 9.35. The number of aromatic nitrogens is 1. The fourth-order valence-electron chi connectivity index (χ4n) is 3.92. The van der Waals surface area contributed by atoms with Gasteiger partial charge < -0.3 is 14.9 Å². The first-order chi connectivity index (χ1) is 15.8. The van der Waals surface area contributed by atoms with Crippen molar-refractivity contribution in [2.75, 3.05) is 35.3 Å². The number of rotatable bonds is 6. The van der Waals surface area contributed by atoms with Crippen molar-refractivity contribution in [2.24, 2.45) is 0 Å². The Balaban J connectivity index is 1.99. The highest BCUT2D eigenvalue weighted by molar-refractivity contribution is 6.34. The number of pyridine rings is 1. The molecule has 3 rings (SSSR count). The Hall–Kier alpha value is -3.34. The zero-order valence-corrected chi connectivity index (χ0v) is 19.3. The summed E-state index contributed by atoms with van der Waals surface area (Å²) in [6, 6.07) is 5.20. The Morgan fingerprint density at radius 1 is 1.26 bits per heavy atom. The average Bonchev–Trinajstić information content (AvgIpc) is 3.12. The molecule has 1 aromatic carbocycles. The molecule has 182 valence electrons. The van der Waals surface area contributed by atoms with Gasteiger partial charge in [-0.05, 0) is 37.6 Å². The Morgan fingerprint density at radius 3 is 2.56 bits per heavy atom. The number of aliphatic carboxylic acids is 1. The van der Waals surface area contributed by atoms with Crippen LogP contribution in [0.1, 0.15) is 24.1 Å². The van der Waals surface area contributed by atoms with E-state index in [1.165, 1.54) is 36.9 Å². The summed E-state index contributed by atoms with van der Waals surface area (Å²) in [6.07, 6.45) is -4.60. The highest BCUT2D eigenvalue weighted by Crippen LogP contribution is 2.38. The van der Waals surface area contributed by atoms with Gasteiger partial charge in [0, 0.05) is 26.2 Å². The largest absolute Gasteiger partial charge is 0.480 e. The average molecular weight is 499 g/mol. The van der Waals surface area contributed by atoms with Crippen molar-refractivity contribution in [3.63, 3.8) is 0 Å². The summed E-state index contributed by atoms with van der Waals surface area (Å²) in [5.41, 5.74) is -0.349. The Bertz CT molecular complexity index is 1140. The van der Waals surface area contributed by atoms with E-state index in [1.54, 1.807) is 12.1 Å². The van der Waals surface area contributed by atoms with Crippen LogP contribution in [0.25, 0.3) is 0 Å². The summed E-state index contributed by atoms with van der Waals surface area (Å²) in [6.45, 7) is 0.985. The number of carbonyl (C=O) groups is 3. The molecule has 0 radical (unpaired) electrons. The molecule has 12 heteroatoms. The van der Waals surface area contributed by atoms with Crippen LogP contribution in [-0.2, 0) is 20.6 Å². The summed E-state index contributed by atoms with van der Waals surface area (Å²) in [5.74, 6) is -2.46. The minimum absolute atomic E-state index is 0.0391. The lowest BCUT2D eigenvalue weighted by Crippen LogP contribution is -2.46. The van der Waals surface area contributed by atoms with Gasteiger partial charge in [0.25, 0.3) is 0 Å². The topological polar surface area (TPSA) is 94.1 Å². The first-order valence-electron chi connectivity index (χ1n) is 10.2. The van der Waals surface area contributed by atoms with Crippen LogP contribution < -0.4 is 14.7 Å². The van der Waals surface area contributed by atoms with E-state index in [0.29, 0.717) is 0 Å². The summed E-state index contributed by atoms with van der Waals surface area (Å²) < 4.78 is 40.0. The van der Waals surface area contributed by atoms with E-state index in [2.05, 4.69) is 4.98 Å². The molecule has 1 unspecified atom stereocenters. The van der Waals surface area contributed by atoms with Crippen molar-refractivity contribution in [1.82, 2.24) is 4.98 Å². The minimum Gasteiger partial charge on any atom is -0.480 e. The van der Waals surface area contributed by atoms with Gasteiger partial charge in [0.2, 0.25) is 11.8 Å². The molecule has 1 fully saturated rings. The SMILES string of the molecule is Cc1cc(C(F)(F)F)cc(N2C(=O)CCC2C(=O)N(C)c2cccc(Cl)c2N(C)CC(=O)O)n1. The van der Waals surface area contributed by atoms with Gasteiger partial charge in [-0.3, -0.25) is 19.3 Å². The van der Waals surface area contributed by atoms with E-state index >= 15 is 0 Å². The number of hydrogen-bond donors (Lipinski definition) is 1. The van der Waals surface area contributed by atoms with Crippen molar-refractivity contribution in [1.29, 1.82) is 0 Å². The van der Waals surface area contributed by atoms with Crippen LogP contribution in [0.15, 0.2) is 30.3 Å². The molecule has 34 heavy (non-hydrogen) atoms. The summed E-state index contributed by atoms with van der Waals surface area (Å²) in [4.78, 5) is 44.9. The van der Waals surface area contributed by atoms with Crippen molar-refractivity contribution in [3.8, 4) is 0 Å². The number of amides is 2. The lowest BCUT2D eigenvalue weighted by molar-refractivity contribution is -0.138. The van der Waals surface area contributed by atoms with Gasteiger partial charge in [-0.2, -0.15) is 13.2 Å². The molecule has 1 aliphatic rings. The van der Waals surface area contributed by atoms with Gasteiger partial charge in [0.1, 0.15) is 18.4 Å². The predicted molar refractivity (Wildman–Crippen MR) is 120 cm³/mol. The Kier molecular flexibility index (Phi) is 7.06. The van der Waals surface area contributed by atoms with Gasteiger partial charge in [-0.15, -0.1) is 0 Å². The van der Waals surface area contributed by atoms with Gasteiger partial charge in [0.05, 0.1) is 22.0 Å². The maximum absolute atomic E-state index is 13.5. The molecule has 1 aliphatic heterocycles. The van der Waals surface area contributed by atoms with Gasteiger partial charge in [-0.1, -0.05) is 17.7 Å². The third-order valence-corrected chi connectivity index (χ3v) is 5.73. The number of benzene rings is 1. The number of carbonyl (C=O) groups excluding carboxylic acids is 2. The maximum atomic E-state index is 13.5. The molecule has 2 amide bonds. The van der Waals surface area contributed by atoms with Crippen molar-refractivity contribution < 1.29 is 32.7 Å². The zero-order valence-electron chi connectivity index (χ0n) is 18.6. The third kappa shape index (κ3) is 5.09. The number of likely N-dealkylation sites (N-methyl/N-ethyl adjacent to an activating group) is 2. The second-order valence-corrected chi connectivity index (χ2v) is 8.33. The van der Waals surface area contributed by atoms with E-state index in [9.17, 15) is 27.6 Å². The van der Waals surface area contributed by atoms with Crippen LogP contribution >= 0.6 is 11.6 Å². The molecule has 1 N–H and O–H groups in total. The fourth-order valence-corrected chi connectivity index (χ4v) is 4.23. The molecular formula is C22H22ClF3N4O4. The van der Waals surface area contributed by atoms with E-state index < -0.39 is 35.6 Å². The van der Waals surface area contributed by atoms with Gasteiger partial charge in [0.15, 0.2) is 0 Å². The maximum Gasteiger partial charge on any atom is 0.416 e. The number of para-hydroxylation sites is 1. The molecule has 2 aromatic rings. The smallest absolute Gasteiger partial charge is 0.416 e. The first kappa shape index (κ1) is 25.3. The molecule has 0 spiro atoms. The molecular weight excluding hydrogens is 477 g/mol. The van der Waals surface area contributed by atoms with Crippen molar-refractivity contribution >= 4 is 46.6 Å². The number of carboxylic acid groups (broad SMARTS) is 1. The lowest BCUT2D eigenvalue weighted by atomic mass is 10.1. The van der Waals surface area contributed by atoms with Crippen LogP contribution in [0, 0.1) is 6.92 Å². The zero-order chi connectivity index (χ0) is 25.4. The number of aryl methyl sites for hydroxylation is 1. The number of nitrogens with zero attached hydrogens (tertiary/aromatic N) is 4. The van der Waals surface area contributed by atoms with E-state index in [-0.39, 0.29) is 47.3 Å². The highest BCUT2D eigenvalue weighted by atomic mass is 35.5. The number of halogens is 4. The van der Waals surface area contributed by atoms with Crippen LogP contribution in [0.3, 0.4) is 0 Å². The fraction of sp³-hybridized carbons (Fsp3) is 0.364. The number of anilines is 3. The normalized spacial score (nSPS) is 16.0. The third-order valence-electron chi connectivity index (χ3n) is 5.42. The molecule has 0 bridgehead atoms. The van der Waals surface area contributed by atoms with Crippen molar-refractivity contribution in [2.45, 2.75) is 32.0 Å². The number of carboxylic acids is 1.